The second-order valence-corrected chi connectivity index (χ2v) is 7.04. The van der Waals surface area contributed by atoms with E-state index in [2.05, 4.69) is 37.0 Å². The molecule has 9 heteroatoms. The molecule has 0 bridgehead atoms. The van der Waals surface area contributed by atoms with Crippen LogP contribution in [0.15, 0.2) is 36.9 Å². The molecule has 0 unspecified atom stereocenters. The molecule has 0 radical (unpaired) electrons. The zero-order chi connectivity index (χ0) is 21.4. The third kappa shape index (κ3) is 3.33. The van der Waals surface area contributed by atoms with E-state index < -0.39 is 0 Å². The number of rotatable bonds is 3. The van der Waals surface area contributed by atoms with E-state index in [0.717, 1.165) is 40.0 Å². The number of hydrogen-bond acceptors (Lipinski definition) is 7. The molecule has 0 saturated heterocycles. The minimum absolute atomic E-state index is 0.348. The van der Waals surface area contributed by atoms with Crippen molar-refractivity contribution in [3.8, 4) is 34.7 Å². The Bertz CT molecular complexity index is 1330. The van der Waals surface area contributed by atoms with Crippen molar-refractivity contribution in [2.45, 2.75) is 20.1 Å². The highest BCUT2D eigenvalue weighted by atomic mass is 16.5. The molecule has 0 atom stereocenters. The standard InChI is InChI=1S/C22H19N7O2/c1-14-9-24-15(10-23-14)4-6-18-20-11-28-21(12-30-2)26-27-22(28)17-8-16(31-3)5-7-19(17)29(20)13-25-18/h5,7-10,13H,11-12H2,1-3H3. The fourth-order valence-corrected chi connectivity index (χ4v) is 3.53. The number of benzene rings is 1. The minimum Gasteiger partial charge on any atom is -0.497 e. The molecule has 4 aromatic rings. The molecule has 31 heavy (non-hydrogen) atoms. The molecule has 0 N–H and O–H groups in total. The monoisotopic (exact) mass is 413 g/mol. The van der Waals surface area contributed by atoms with Gasteiger partial charge < -0.3 is 14.0 Å². The minimum atomic E-state index is 0.348. The van der Waals surface area contributed by atoms with Crippen LogP contribution in [-0.2, 0) is 17.9 Å². The van der Waals surface area contributed by atoms with Crippen LogP contribution >= 0.6 is 0 Å². The number of hydrogen-bond donors (Lipinski definition) is 0. The van der Waals surface area contributed by atoms with Crippen LogP contribution < -0.4 is 4.74 Å². The van der Waals surface area contributed by atoms with Gasteiger partial charge in [0.05, 0.1) is 36.9 Å². The molecule has 0 saturated carbocycles. The fourth-order valence-electron chi connectivity index (χ4n) is 3.53. The van der Waals surface area contributed by atoms with Crippen LogP contribution in [0.2, 0.25) is 0 Å². The molecule has 9 nitrogen and oxygen atoms in total. The van der Waals surface area contributed by atoms with E-state index in [1.807, 2.05) is 34.3 Å². The first-order valence-electron chi connectivity index (χ1n) is 9.64. The van der Waals surface area contributed by atoms with Gasteiger partial charge >= 0.3 is 0 Å². The third-order valence-electron chi connectivity index (χ3n) is 5.07. The molecule has 0 amide bonds. The molecule has 5 rings (SSSR count). The second kappa shape index (κ2) is 7.66. The summed E-state index contributed by atoms with van der Waals surface area (Å²) in [7, 11) is 3.28. The van der Waals surface area contributed by atoms with Crippen molar-refractivity contribution in [3.05, 3.63) is 65.5 Å². The summed E-state index contributed by atoms with van der Waals surface area (Å²) in [5.41, 5.74) is 4.86. The predicted molar refractivity (Wildman–Crippen MR) is 112 cm³/mol. The summed E-state index contributed by atoms with van der Waals surface area (Å²) < 4.78 is 14.8. The second-order valence-electron chi connectivity index (χ2n) is 7.04. The highest BCUT2D eigenvalue weighted by Crippen LogP contribution is 2.34. The Hall–Kier alpha value is -4.03. The van der Waals surface area contributed by atoms with Crippen LogP contribution in [-0.4, -0.2) is 48.5 Å². The van der Waals surface area contributed by atoms with Gasteiger partial charge in [0.25, 0.3) is 0 Å². The molecule has 1 aliphatic rings. The topological polar surface area (TPSA) is 92.8 Å². The van der Waals surface area contributed by atoms with Gasteiger partial charge in [0.15, 0.2) is 11.6 Å². The van der Waals surface area contributed by atoms with E-state index in [1.165, 1.54) is 0 Å². The Morgan fingerprint density at radius 1 is 1.06 bits per heavy atom. The first-order valence-corrected chi connectivity index (χ1v) is 9.64. The van der Waals surface area contributed by atoms with Crippen molar-refractivity contribution >= 4 is 0 Å². The highest BCUT2D eigenvalue weighted by molar-refractivity contribution is 5.71. The SMILES string of the molecule is COCc1nnc2n1Cc1c(C#Cc3cnc(C)cn3)ncn1-c1ccc(OC)cc1-2. The number of nitrogens with zero attached hydrogens (tertiary/aromatic N) is 7. The molecule has 4 heterocycles. The predicted octanol–water partition coefficient (Wildman–Crippen LogP) is 2.15. The van der Waals surface area contributed by atoms with Crippen molar-refractivity contribution in [1.29, 1.82) is 0 Å². The average molecular weight is 413 g/mol. The summed E-state index contributed by atoms with van der Waals surface area (Å²) in [6.45, 7) is 2.74. The van der Waals surface area contributed by atoms with Crippen LogP contribution in [0, 0.1) is 18.8 Å². The van der Waals surface area contributed by atoms with Gasteiger partial charge in [-0.05, 0) is 37.0 Å². The van der Waals surface area contributed by atoms with Crippen molar-refractivity contribution in [1.82, 2.24) is 34.3 Å². The van der Waals surface area contributed by atoms with E-state index in [4.69, 9.17) is 9.47 Å². The van der Waals surface area contributed by atoms with Crippen LogP contribution in [0.1, 0.15) is 28.6 Å². The third-order valence-corrected chi connectivity index (χ3v) is 5.07. The largest absolute Gasteiger partial charge is 0.497 e. The number of ether oxygens (including phenoxy) is 2. The Balaban J connectivity index is 1.67. The van der Waals surface area contributed by atoms with Gasteiger partial charge in [0.2, 0.25) is 0 Å². The van der Waals surface area contributed by atoms with E-state index >= 15 is 0 Å². The van der Waals surface area contributed by atoms with Crippen molar-refractivity contribution in [2.75, 3.05) is 14.2 Å². The zero-order valence-electron chi connectivity index (χ0n) is 17.3. The maximum atomic E-state index is 5.44. The van der Waals surface area contributed by atoms with Gasteiger partial charge in [-0.3, -0.25) is 9.55 Å². The molecule has 0 spiro atoms. The first-order chi connectivity index (χ1) is 15.2. The molecule has 0 fully saturated rings. The van der Waals surface area contributed by atoms with Gasteiger partial charge in [0, 0.05) is 18.9 Å². The highest BCUT2D eigenvalue weighted by Gasteiger charge is 2.26. The summed E-state index contributed by atoms with van der Waals surface area (Å²) in [6.07, 6.45) is 5.14. The van der Waals surface area contributed by atoms with E-state index in [1.54, 1.807) is 32.9 Å². The average Bonchev–Trinajstić information content (AvgIpc) is 3.34. The molecular formula is C22H19N7O2. The number of aromatic nitrogens is 7. The van der Waals surface area contributed by atoms with Crippen LogP contribution in [0.4, 0.5) is 0 Å². The lowest BCUT2D eigenvalue weighted by atomic mass is 10.1. The molecule has 154 valence electrons. The van der Waals surface area contributed by atoms with Gasteiger partial charge in [-0.15, -0.1) is 10.2 Å². The number of fused-ring (bicyclic) bond motifs is 5. The molecule has 1 aliphatic heterocycles. The molecule has 1 aromatic carbocycles. The van der Waals surface area contributed by atoms with Gasteiger partial charge in [-0.25, -0.2) is 9.97 Å². The quantitative estimate of drug-likeness (QED) is 0.419. The first kappa shape index (κ1) is 19.0. The maximum absolute atomic E-state index is 5.44. The van der Waals surface area contributed by atoms with Gasteiger partial charge in [0.1, 0.15) is 30.1 Å². The van der Waals surface area contributed by atoms with E-state index in [-0.39, 0.29) is 0 Å². The van der Waals surface area contributed by atoms with Gasteiger partial charge in [-0.2, -0.15) is 0 Å². The number of aryl methyl sites for hydroxylation is 1. The molecule has 3 aromatic heterocycles. The number of methoxy groups -OCH3 is 2. The van der Waals surface area contributed by atoms with Crippen molar-refractivity contribution in [2.24, 2.45) is 0 Å². The summed E-state index contributed by atoms with van der Waals surface area (Å²) in [5.74, 6) is 8.42. The fraction of sp³-hybridized carbons (Fsp3) is 0.227. The zero-order valence-corrected chi connectivity index (χ0v) is 17.3. The van der Waals surface area contributed by atoms with E-state index in [9.17, 15) is 0 Å². The Morgan fingerprint density at radius 3 is 2.74 bits per heavy atom. The Morgan fingerprint density at radius 2 is 1.97 bits per heavy atom. The molecule has 0 aliphatic carbocycles. The smallest absolute Gasteiger partial charge is 0.166 e. The lowest BCUT2D eigenvalue weighted by Crippen LogP contribution is -2.09. The lowest BCUT2D eigenvalue weighted by molar-refractivity contribution is 0.174. The summed E-state index contributed by atoms with van der Waals surface area (Å²) in [5, 5.41) is 8.77. The number of imidazole rings is 1. The lowest BCUT2D eigenvalue weighted by Gasteiger charge is -2.09. The summed E-state index contributed by atoms with van der Waals surface area (Å²) in [6, 6.07) is 5.86. The van der Waals surface area contributed by atoms with E-state index in [0.29, 0.717) is 24.5 Å². The summed E-state index contributed by atoms with van der Waals surface area (Å²) in [4.78, 5) is 13.1. The van der Waals surface area contributed by atoms with Crippen molar-refractivity contribution in [3.63, 3.8) is 0 Å². The Kier molecular flexibility index (Phi) is 4.69. The normalized spacial score (nSPS) is 11.6. The van der Waals surface area contributed by atoms with Crippen LogP contribution in [0.25, 0.3) is 17.1 Å². The van der Waals surface area contributed by atoms with Gasteiger partial charge in [-0.1, -0.05) is 0 Å². The van der Waals surface area contributed by atoms with Crippen LogP contribution in [0.5, 0.6) is 5.75 Å². The maximum Gasteiger partial charge on any atom is 0.166 e. The van der Waals surface area contributed by atoms with Crippen LogP contribution in [0.3, 0.4) is 0 Å². The molecular weight excluding hydrogens is 394 g/mol. The van der Waals surface area contributed by atoms with Crippen molar-refractivity contribution < 1.29 is 9.47 Å². The Labute approximate surface area is 178 Å². The summed E-state index contributed by atoms with van der Waals surface area (Å²) >= 11 is 0.